The van der Waals surface area contributed by atoms with Crippen LogP contribution in [0.25, 0.3) is 0 Å². The molecule has 0 radical (unpaired) electrons. The number of halogens is 1. The summed E-state index contributed by atoms with van der Waals surface area (Å²) in [5, 5.41) is 16.8. The number of aliphatic hydroxyl groups excluding tert-OH is 1. The molecule has 5 nitrogen and oxygen atoms in total. The molecule has 0 fully saturated rings. The van der Waals surface area contributed by atoms with Crippen molar-refractivity contribution in [1.29, 1.82) is 0 Å². The van der Waals surface area contributed by atoms with E-state index in [-0.39, 0.29) is 12.4 Å². The number of hydrogen-bond donors (Lipinski definition) is 2. The van der Waals surface area contributed by atoms with Crippen LogP contribution < -0.4 is 10.1 Å². The summed E-state index contributed by atoms with van der Waals surface area (Å²) >= 11 is 0. The van der Waals surface area contributed by atoms with Crippen molar-refractivity contribution in [2.75, 3.05) is 18.5 Å². The first-order valence-corrected chi connectivity index (χ1v) is 7.86. The number of ether oxygens (including phenoxy) is 1. The second-order valence-electron chi connectivity index (χ2n) is 5.44. The van der Waals surface area contributed by atoms with Gasteiger partial charge in [-0.1, -0.05) is 6.92 Å². The number of benzene rings is 1. The maximum Gasteiger partial charge on any atom is 0.145 e. The highest BCUT2D eigenvalue weighted by molar-refractivity contribution is 5.57. The summed E-state index contributed by atoms with van der Waals surface area (Å²) in [7, 11) is 0. The normalized spacial score (nSPS) is 10.8. The maximum absolute atomic E-state index is 13.4. The van der Waals surface area contributed by atoms with E-state index in [9.17, 15) is 4.39 Å². The average molecular weight is 321 g/mol. The second kappa shape index (κ2) is 7.97. The molecule has 6 heteroatoms. The molecule has 0 amide bonds. The molecule has 23 heavy (non-hydrogen) atoms. The smallest absolute Gasteiger partial charge is 0.145 e. The highest BCUT2D eigenvalue weighted by atomic mass is 19.1. The molecule has 1 aromatic carbocycles. The number of hydrogen-bond acceptors (Lipinski definition) is 4. The van der Waals surface area contributed by atoms with Crippen LogP contribution in [0, 0.1) is 19.7 Å². The quantitative estimate of drug-likeness (QED) is 0.784. The lowest BCUT2D eigenvalue weighted by Gasteiger charge is -2.13. The van der Waals surface area contributed by atoms with E-state index in [1.165, 1.54) is 12.1 Å². The molecule has 0 bridgehead atoms. The minimum Gasteiger partial charge on any atom is -0.491 e. The Hall–Kier alpha value is -2.08. The number of nitrogens with one attached hydrogen (secondary N) is 1. The Balaban J connectivity index is 2.15. The van der Waals surface area contributed by atoms with Crippen LogP contribution in [-0.4, -0.2) is 28.1 Å². The van der Waals surface area contributed by atoms with Gasteiger partial charge < -0.3 is 15.2 Å². The van der Waals surface area contributed by atoms with Crippen molar-refractivity contribution in [2.24, 2.45) is 0 Å². The lowest BCUT2D eigenvalue weighted by Crippen LogP contribution is -2.08. The van der Waals surface area contributed by atoms with Gasteiger partial charge in [0.15, 0.2) is 0 Å². The molecule has 2 N–H and O–H groups in total. The fourth-order valence-electron chi connectivity index (χ4n) is 2.46. The van der Waals surface area contributed by atoms with Crippen LogP contribution in [0.1, 0.15) is 30.3 Å². The van der Waals surface area contributed by atoms with Gasteiger partial charge in [0.2, 0.25) is 0 Å². The summed E-state index contributed by atoms with van der Waals surface area (Å²) in [6.45, 7) is 7.58. The SMILES string of the molecule is CCCOc1cc(F)ccc1NCc1c(C)nn(CCO)c1C. The predicted molar refractivity (Wildman–Crippen MR) is 88.3 cm³/mol. The first kappa shape index (κ1) is 17.3. The van der Waals surface area contributed by atoms with Crippen LogP contribution in [0.2, 0.25) is 0 Å². The van der Waals surface area contributed by atoms with Crippen molar-refractivity contribution in [3.05, 3.63) is 41.0 Å². The van der Waals surface area contributed by atoms with E-state index < -0.39 is 0 Å². The molecule has 1 aromatic heterocycles. The standard InChI is InChI=1S/C17H24FN3O2/c1-4-9-23-17-10-14(18)5-6-16(17)19-11-15-12(2)20-21(7-8-22)13(15)3/h5-6,10,19,22H,4,7-9,11H2,1-3H3. The molecule has 2 aromatic rings. The summed E-state index contributed by atoms with van der Waals surface area (Å²) in [5.74, 6) is 0.203. The highest BCUT2D eigenvalue weighted by Crippen LogP contribution is 2.27. The summed E-state index contributed by atoms with van der Waals surface area (Å²) in [5.41, 5.74) is 3.77. The van der Waals surface area contributed by atoms with Crippen LogP contribution in [0.3, 0.4) is 0 Å². The number of rotatable bonds is 8. The zero-order valence-electron chi connectivity index (χ0n) is 13.9. The third kappa shape index (κ3) is 4.22. The number of aliphatic hydroxyl groups is 1. The average Bonchev–Trinajstić information content (AvgIpc) is 2.79. The van der Waals surface area contributed by atoms with E-state index in [1.807, 2.05) is 20.8 Å². The number of aryl methyl sites for hydroxylation is 1. The van der Waals surface area contributed by atoms with Gasteiger partial charge in [-0.15, -0.1) is 0 Å². The first-order valence-electron chi connectivity index (χ1n) is 7.86. The molecule has 0 aliphatic rings. The van der Waals surface area contributed by atoms with Crippen LogP contribution in [-0.2, 0) is 13.1 Å². The van der Waals surface area contributed by atoms with Gasteiger partial charge in [0.1, 0.15) is 11.6 Å². The minimum atomic E-state index is -0.315. The van der Waals surface area contributed by atoms with Crippen molar-refractivity contribution in [1.82, 2.24) is 9.78 Å². The maximum atomic E-state index is 13.4. The number of anilines is 1. The lowest BCUT2D eigenvalue weighted by molar-refractivity contribution is 0.268. The topological polar surface area (TPSA) is 59.3 Å². The van der Waals surface area contributed by atoms with Gasteiger partial charge in [0.25, 0.3) is 0 Å². The molecule has 0 unspecified atom stereocenters. The monoisotopic (exact) mass is 321 g/mol. The van der Waals surface area contributed by atoms with E-state index >= 15 is 0 Å². The van der Waals surface area contributed by atoms with E-state index in [0.717, 1.165) is 29.1 Å². The third-order valence-electron chi connectivity index (χ3n) is 3.70. The van der Waals surface area contributed by atoms with Gasteiger partial charge >= 0.3 is 0 Å². The molecule has 0 aliphatic heterocycles. The van der Waals surface area contributed by atoms with Crippen molar-refractivity contribution < 1.29 is 14.2 Å². The molecular formula is C17H24FN3O2. The predicted octanol–water partition coefficient (Wildman–Crippen LogP) is 3.03. The Morgan fingerprint density at radius 3 is 2.83 bits per heavy atom. The van der Waals surface area contributed by atoms with Crippen molar-refractivity contribution in [2.45, 2.75) is 40.3 Å². The highest BCUT2D eigenvalue weighted by Gasteiger charge is 2.12. The molecule has 2 rings (SSSR count). The Morgan fingerprint density at radius 2 is 2.13 bits per heavy atom. The van der Waals surface area contributed by atoms with E-state index in [0.29, 0.717) is 25.4 Å². The minimum absolute atomic E-state index is 0.0573. The molecule has 0 saturated heterocycles. The van der Waals surface area contributed by atoms with Crippen LogP contribution in [0.4, 0.5) is 10.1 Å². The van der Waals surface area contributed by atoms with Crippen molar-refractivity contribution >= 4 is 5.69 Å². The lowest BCUT2D eigenvalue weighted by atomic mass is 10.2. The van der Waals surface area contributed by atoms with Gasteiger partial charge in [-0.2, -0.15) is 5.10 Å². The van der Waals surface area contributed by atoms with Crippen molar-refractivity contribution in [3.63, 3.8) is 0 Å². The van der Waals surface area contributed by atoms with Gasteiger partial charge in [0.05, 0.1) is 31.1 Å². The molecule has 126 valence electrons. The molecule has 0 aliphatic carbocycles. The molecule has 0 spiro atoms. The van der Waals surface area contributed by atoms with Gasteiger partial charge in [-0.3, -0.25) is 4.68 Å². The second-order valence-corrected chi connectivity index (χ2v) is 5.44. The fraction of sp³-hybridized carbons (Fsp3) is 0.471. The van der Waals surface area contributed by atoms with E-state index in [4.69, 9.17) is 9.84 Å². The fourth-order valence-corrected chi connectivity index (χ4v) is 2.46. The summed E-state index contributed by atoms with van der Waals surface area (Å²) in [4.78, 5) is 0. The summed E-state index contributed by atoms with van der Waals surface area (Å²) < 4.78 is 20.8. The Labute approximate surface area is 136 Å². The van der Waals surface area contributed by atoms with Crippen LogP contribution in [0.15, 0.2) is 18.2 Å². The zero-order chi connectivity index (χ0) is 16.8. The van der Waals surface area contributed by atoms with Crippen LogP contribution >= 0.6 is 0 Å². The van der Waals surface area contributed by atoms with E-state index in [1.54, 1.807) is 10.7 Å². The van der Waals surface area contributed by atoms with Gasteiger partial charge in [-0.25, -0.2) is 4.39 Å². The molecular weight excluding hydrogens is 297 g/mol. The Morgan fingerprint density at radius 1 is 1.35 bits per heavy atom. The molecule has 0 saturated carbocycles. The Bertz CT molecular complexity index is 656. The summed E-state index contributed by atoms with van der Waals surface area (Å²) in [6, 6.07) is 4.49. The largest absolute Gasteiger partial charge is 0.491 e. The zero-order valence-corrected chi connectivity index (χ0v) is 13.9. The van der Waals surface area contributed by atoms with Crippen LogP contribution in [0.5, 0.6) is 5.75 Å². The number of nitrogens with zero attached hydrogens (tertiary/aromatic N) is 2. The van der Waals surface area contributed by atoms with Gasteiger partial charge in [0, 0.05) is 23.9 Å². The summed E-state index contributed by atoms with van der Waals surface area (Å²) in [6.07, 6.45) is 0.863. The van der Waals surface area contributed by atoms with Crippen molar-refractivity contribution in [3.8, 4) is 5.75 Å². The van der Waals surface area contributed by atoms with Gasteiger partial charge in [-0.05, 0) is 32.4 Å². The molecule has 0 atom stereocenters. The third-order valence-corrected chi connectivity index (χ3v) is 3.70. The first-order chi connectivity index (χ1) is 11.1. The Kier molecular flexibility index (Phi) is 5.98. The molecule has 1 heterocycles. The number of aromatic nitrogens is 2. The van der Waals surface area contributed by atoms with E-state index in [2.05, 4.69) is 10.4 Å².